The van der Waals surface area contributed by atoms with Crippen LogP contribution in [0.1, 0.15) is 16.7 Å². The molecule has 0 radical (unpaired) electrons. The van der Waals surface area contributed by atoms with Gasteiger partial charge in [0.25, 0.3) is 0 Å². The molecule has 1 unspecified atom stereocenters. The van der Waals surface area contributed by atoms with Gasteiger partial charge in [0.1, 0.15) is 10.1 Å². The van der Waals surface area contributed by atoms with Crippen LogP contribution in [-0.2, 0) is 10.1 Å². The Hall–Kier alpha value is -0.500. The average Bonchev–Trinajstić information content (AvgIpc) is 2.26. The summed E-state index contributed by atoms with van der Waals surface area (Å²) in [4.78, 5) is 4.23. The fourth-order valence-electron chi connectivity index (χ4n) is 1.57. The standard InChI is InChI=1S/C11H11NO4S.Na/c1-7-2-3-8-6-9(4-5-10(8)12-7)11(13)17(14,15)16;/h2-6,11,13H,1H3,(H,14,15,16);/q;+1/p-1. The first-order chi connectivity index (χ1) is 7.88. The van der Waals surface area contributed by atoms with E-state index in [-0.39, 0.29) is 35.1 Å². The average molecular weight is 275 g/mol. The summed E-state index contributed by atoms with van der Waals surface area (Å²) in [6.07, 6.45) is 0. The number of benzene rings is 1. The van der Waals surface area contributed by atoms with Gasteiger partial charge < -0.3 is 9.66 Å². The Bertz CT molecular complexity index is 672. The summed E-state index contributed by atoms with van der Waals surface area (Å²) in [6, 6.07) is 7.93. The van der Waals surface area contributed by atoms with Gasteiger partial charge in [0.05, 0.1) is 5.52 Å². The third kappa shape index (κ3) is 3.28. The Labute approximate surface area is 127 Å². The first kappa shape index (κ1) is 15.6. The van der Waals surface area contributed by atoms with Crippen LogP contribution in [0, 0.1) is 6.92 Å². The third-order valence-electron chi connectivity index (χ3n) is 2.41. The van der Waals surface area contributed by atoms with Crippen molar-refractivity contribution in [2.45, 2.75) is 12.4 Å². The number of rotatable bonds is 2. The van der Waals surface area contributed by atoms with Crippen molar-refractivity contribution in [1.29, 1.82) is 0 Å². The summed E-state index contributed by atoms with van der Waals surface area (Å²) in [5, 5.41) is 10.0. The molecule has 1 aromatic heterocycles. The first-order valence-electron chi connectivity index (χ1n) is 4.88. The Morgan fingerprint density at radius 1 is 1.28 bits per heavy atom. The largest absolute Gasteiger partial charge is 1.00 e. The molecule has 7 heteroatoms. The number of hydrogen-bond donors (Lipinski definition) is 1. The molecule has 1 N–H and O–H groups in total. The Balaban J connectivity index is 0.00000162. The monoisotopic (exact) mass is 275 g/mol. The zero-order valence-corrected chi connectivity index (χ0v) is 12.8. The van der Waals surface area contributed by atoms with Crippen LogP contribution in [0.5, 0.6) is 0 Å². The molecule has 1 heterocycles. The molecule has 1 atom stereocenters. The van der Waals surface area contributed by atoms with Crippen molar-refractivity contribution in [1.82, 2.24) is 4.98 Å². The van der Waals surface area contributed by atoms with Crippen molar-refractivity contribution in [2.24, 2.45) is 0 Å². The Morgan fingerprint density at radius 2 is 1.94 bits per heavy atom. The van der Waals surface area contributed by atoms with Gasteiger partial charge >= 0.3 is 29.6 Å². The number of fused-ring (bicyclic) bond motifs is 1. The minimum atomic E-state index is -4.75. The number of aliphatic hydroxyl groups excluding tert-OH is 1. The number of aliphatic hydroxyl groups is 1. The molecule has 2 rings (SSSR count). The molecule has 90 valence electrons. The predicted molar refractivity (Wildman–Crippen MR) is 61.1 cm³/mol. The Kier molecular flexibility index (Phi) is 4.88. The van der Waals surface area contributed by atoms with Crippen LogP contribution in [0.4, 0.5) is 0 Å². The minimum Gasteiger partial charge on any atom is -0.746 e. The summed E-state index contributed by atoms with van der Waals surface area (Å²) in [7, 11) is -4.75. The normalized spacial score (nSPS) is 13.1. The molecule has 0 saturated heterocycles. The number of aromatic nitrogens is 1. The maximum Gasteiger partial charge on any atom is 1.00 e. The van der Waals surface area contributed by atoms with E-state index in [1.54, 1.807) is 18.2 Å². The molecule has 0 aliphatic carbocycles. The van der Waals surface area contributed by atoms with Gasteiger partial charge in [-0.25, -0.2) is 8.42 Å². The molecule has 0 aliphatic rings. The predicted octanol–water partition coefficient (Wildman–Crippen LogP) is -1.92. The third-order valence-corrected chi connectivity index (χ3v) is 3.23. The maximum absolute atomic E-state index is 10.7. The Morgan fingerprint density at radius 3 is 2.56 bits per heavy atom. The molecular formula is C11H10NNaO4S. The van der Waals surface area contributed by atoms with Gasteiger partial charge in [-0.05, 0) is 30.7 Å². The maximum atomic E-state index is 10.7. The molecule has 0 saturated carbocycles. The fraction of sp³-hybridized carbons (Fsp3) is 0.182. The van der Waals surface area contributed by atoms with Crippen molar-refractivity contribution in [2.75, 3.05) is 0 Å². The molecule has 0 spiro atoms. The van der Waals surface area contributed by atoms with Crippen molar-refractivity contribution in [3.63, 3.8) is 0 Å². The molecule has 0 fully saturated rings. The van der Waals surface area contributed by atoms with Crippen LogP contribution in [0.15, 0.2) is 30.3 Å². The van der Waals surface area contributed by atoms with Gasteiger partial charge in [-0.2, -0.15) is 0 Å². The van der Waals surface area contributed by atoms with E-state index in [2.05, 4.69) is 4.98 Å². The molecule has 5 nitrogen and oxygen atoms in total. The second-order valence-electron chi connectivity index (χ2n) is 3.75. The second-order valence-corrected chi connectivity index (χ2v) is 5.18. The van der Waals surface area contributed by atoms with E-state index in [1.165, 1.54) is 12.1 Å². The first-order valence-corrected chi connectivity index (χ1v) is 6.35. The van der Waals surface area contributed by atoms with Crippen molar-refractivity contribution < 1.29 is 47.6 Å². The van der Waals surface area contributed by atoms with Crippen molar-refractivity contribution in [3.8, 4) is 0 Å². The molecular weight excluding hydrogens is 265 g/mol. The van der Waals surface area contributed by atoms with E-state index in [0.717, 1.165) is 5.69 Å². The van der Waals surface area contributed by atoms with E-state index in [9.17, 15) is 18.1 Å². The number of hydrogen-bond acceptors (Lipinski definition) is 5. The van der Waals surface area contributed by atoms with Gasteiger partial charge in [-0.1, -0.05) is 12.1 Å². The number of nitrogens with zero attached hydrogens (tertiary/aromatic N) is 1. The molecule has 0 amide bonds. The molecule has 18 heavy (non-hydrogen) atoms. The van der Waals surface area contributed by atoms with Crippen molar-refractivity contribution in [3.05, 3.63) is 41.6 Å². The zero-order chi connectivity index (χ0) is 12.6. The summed E-state index contributed by atoms with van der Waals surface area (Å²) in [5.41, 5.74) is -0.460. The van der Waals surface area contributed by atoms with Crippen LogP contribution >= 0.6 is 0 Å². The van der Waals surface area contributed by atoms with E-state index < -0.39 is 15.6 Å². The summed E-state index contributed by atoms with van der Waals surface area (Å²) >= 11 is 0. The topological polar surface area (TPSA) is 90.3 Å². The molecule has 1 aromatic carbocycles. The van der Waals surface area contributed by atoms with Crippen LogP contribution in [0.2, 0.25) is 0 Å². The van der Waals surface area contributed by atoms with Crippen LogP contribution in [0.25, 0.3) is 10.9 Å². The van der Waals surface area contributed by atoms with Gasteiger partial charge in [0.15, 0.2) is 5.44 Å². The summed E-state index contributed by atoms with van der Waals surface area (Å²) in [5.74, 6) is 0. The van der Waals surface area contributed by atoms with Crippen LogP contribution < -0.4 is 29.6 Å². The van der Waals surface area contributed by atoms with Gasteiger partial charge in [-0.3, -0.25) is 4.98 Å². The van der Waals surface area contributed by atoms with E-state index >= 15 is 0 Å². The van der Waals surface area contributed by atoms with Crippen molar-refractivity contribution >= 4 is 21.0 Å². The van der Waals surface area contributed by atoms with Gasteiger partial charge in [0, 0.05) is 11.1 Å². The van der Waals surface area contributed by atoms with Crippen LogP contribution in [-0.4, -0.2) is 23.1 Å². The van der Waals surface area contributed by atoms with E-state index in [0.29, 0.717) is 10.9 Å². The van der Waals surface area contributed by atoms with E-state index in [1.807, 2.05) is 6.92 Å². The summed E-state index contributed by atoms with van der Waals surface area (Å²) < 4.78 is 32.1. The van der Waals surface area contributed by atoms with Gasteiger partial charge in [0.2, 0.25) is 0 Å². The number of pyridine rings is 1. The smallest absolute Gasteiger partial charge is 0.746 e. The van der Waals surface area contributed by atoms with Gasteiger partial charge in [-0.15, -0.1) is 0 Å². The second kappa shape index (κ2) is 5.64. The molecule has 2 aromatic rings. The molecule has 0 bridgehead atoms. The minimum absolute atomic E-state index is 0. The summed E-state index contributed by atoms with van der Waals surface area (Å²) in [6.45, 7) is 1.84. The van der Waals surface area contributed by atoms with E-state index in [4.69, 9.17) is 0 Å². The SMILES string of the molecule is Cc1ccc2cc(C(O)S(=O)(=O)[O-])ccc2n1.[Na+]. The number of aryl methyl sites for hydroxylation is 1. The zero-order valence-electron chi connectivity index (χ0n) is 9.99. The van der Waals surface area contributed by atoms with Crippen LogP contribution in [0.3, 0.4) is 0 Å². The fourth-order valence-corrected chi connectivity index (χ4v) is 2.05. The molecule has 0 aliphatic heterocycles. The quantitative estimate of drug-likeness (QED) is 0.510.